The summed E-state index contributed by atoms with van der Waals surface area (Å²) in [6.07, 6.45) is 0. The normalized spacial score (nSPS) is 11.0. The molecule has 132 valence electrons. The molecule has 1 rings (SSSR count). The number of hydrogen-bond acceptors (Lipinski definition) is 5. The molecular formula is C14H24ClN3O4S. The number of sulfonamides is 1. The lowest BCUT2D eigenvalue weighted by molar-refractivity contribution is 0.0951. The molecule has 0 aliphatic heterocycles. The Hall–Kier alpha value is -1.35. The van der Waals surface area contributed by atoms with Crippen LogP contribution >= 0.6 is 12.4 Å². The van der Waals surface area contributed by atoms with Gasteiger partial charge in [-0.25, -0.2) is 8.42 Å². The number of rotatable bonds is 8. The second-order valence-corrected chi connectivity index (χ2v) is 6.43. The van der Waals surface area contributed by atoms with E-state index in [-0.39, 0.29) is 22.9 Å². The summed E-state index contributed by atoms with van der Waals surface area (Å²) >= 11 is 0. The second kappa shape index (κ2) is 9.71. The van der Waals surface area contributed by atoms with Crippen molar-refractivity contribution in [1.82, 2.24) is 9.62 Å². The molecule has 0 radical (unpaired) electrons. The van der Waals surface area contributed by atoms with E-state index >= 15 is 0 Å². The molecule has 0 heterocycles. The van der Waals surface area contributed by atoms with Crippen molar-refractivity contribution >= 4 is 28.3 Å². The fourth-order valence-electron chi connectivity index (χ4n) is 2.02. The zero-order chi connectivity index (χ0) is 16.8. The van der Waals surface area contributed by atoms with Gasteiger partial charge in [0.2, 0.25) is 10.0 Å². The van der Waals surface area contributed by atoms with Crippen LogP contribution in [0, 0.1) is 0 Å². The molecule has 7 nitrogen and oxygen atoms in total. The third-order valence-corrected chi connectivity index (χ3v) is 5.23. The van der Waals surface area contributed by atoms with Gasteiger partial charge in [0.15, 0.2) is 0 Å². The topological polar surface area (TPSA) is 102 Å². The van der Waals surface area contributed by atoms with E-state index in [1.54, 1.807) is 13.8 Å². The molecule has 1 amide bonds. The molecule has 1 aromatic rings. The quantitative estimate of drug-likeness (QED) is 0.710. The van der Waals surface area contributed by atoms with Crippen molar-refractivity contribution in [2.75, 3.05) is 33.3 Å². The summed E-state index contributed by atoms with van der Waals surface area (Å²) in [5, 5.41) is 2.61. The molecule has 1 aromatic carbocycles. The Morgan fingerprint density at radius 1 is 1.30 bits per heavy atom. The van der Waals surface area contributed by atoms with Gasteiger partial charge in [0.05, 0.1) is 17.6 Å². The molecule has 0 aliphatic carbocycles. The lowest BCUT2D eigenvalue weighted by atomic mass is 10.2. The Morgan fingerprint density at radius 3 is 2.39 bits per heavy atom. The third kappa shape index (κ3) is 5.07. The molecule has 0 unspecified atom stereocenters. The van der Waals surface area contributed by atoms with Crippen LogP contribution in [-0.4, -0.2) is 51.9 Å². The minimum Gasteiger partial charge on any atom is -0.496 e. The highest BCUT2D eigenvalue weighted by molar-refractivity contribution is 7.89. The first-order chi connectivity index (χ1) is 10.4. The Balaban J connectivity index is 0.00000484. The first kappa shape index (κ1) is 21.6. The lowest BCUT2D eigenvalue weighted by Crippen LogP contribution is -2.32. The maximum Gasteiger partial charge on any atom is 0.255 e. The molecule has 0 atom stereocenters. The Morgan fingerprint density at radius 2 is 1.91 bits per heavy atom. The van der Waals surface area contributed by atoms with E-state index in [1.165, 1.54) is 29.6 Å². The van der Waals surface area contributed by atoms with Crippen LogP contribution in [0.15, 0.2) is 23.1 Å². The van der Waals surface area contributed by atoms with E-state index in [0.29, 0.717) is 31.9 Å². The van der Waals surface area contributed by atoms with Gasteiger partial charge >= 0.3 is 0 Å². The largest absolute Gasteiger partial charge is 0.496 e. The number of carbonyl (C=O) groups excluding carboxylic acids is 1. The molecule has 0 aliphatic rings. The Labute approximate surface area is 143 Å². The highest BCUT2D eigenvalue weighted by atomic mass is 35.5. The van der Waals surface area contributed by atoms with Crippen molar-refractivity contribution in [3.05, 3.63) is 23.8 Å². The standard InChI is InChI=1S/C14H23N3O4S.ClH/c1-4-17(5-2)22(19,20)11-6-7-13(21-3)12(10-11)14(18)16-9-8-15;/h6-7,10H,4-5,8-9,15H2,1-3H3,(H,16,18);1H. The Bertz CT molecular complexity index is 618. The summed E-state index contributed by atoms with van der Waals surface area (Å²) in [6.45, 7) is 4.85. The summed E-state index contributed by atoms with van der Waals surface area (Å²) in [5.74, 6) is -0.105. The average Bonchev–Trinajstić information content (AvgIpc) is 2.52. The van der Waals surface area contributed by atoms with E-state index in [1.807, 2.05) is 0 Å². The SMILES string of the molecule is CCN(CC)S(=O)(=O)c1ccc(OC)c(C(=O)NCCN)c1.Cl. The number of halogens is 1. The number of ether oxygens (including phenoxy) is 1. The highest BCUT2D eigenvalue weighted by Crippen LogP contribution is 2.24. The second-order valence-electron chi connectivity index (χ2n) is 4.50. The molecule has 3 N–H and O–H groups in total. The van der Waals surface area contributed by atoms with Gasteiger partial charge in [-0.2, -0.15) is 4.31 Å². The number of nitrogens with zero attached hydrogens (tertiary/aromatic N) is 1. The fourth-order valence-corrected chi connectivity index (χ4v) is 3.50. The smallest absolute Gasteiger partial charge is 0.255 e. The van der Waals surface area contributed by atoms with E-state index in [0.717, 1.165) is 0 Å². The molecule has 0 aromatic heterocycles. The number of amides is 1. The van der Waals surface area contributed by atoms with Crippen molar-refractivity contribution in [2.24, 2.45) is 5.73 Å². The van der Waals surface area contributed by atoms with Gasteiger partial charge in [-0.1, -0.05) is 13.8 Å². The van der Waals surface area contributed by atoms with Crippen LogP contribution in [0.4, 0.5) is 0 Å². The summed E-state index contributed by atoms with van der Waals surface area (Å²) in [4.78, 5) is 12.2. The van der Waals surface area contributed by atoms with Crippen LogP contribution in [0.3, 0.4) is 0 Å². The zero-order valence-electron chi connectivity index (χ0n) is 13.5. The zero-order valence-corrected chi connectivity index (χ0v) is 15.2. The number of methoxy groups -OCH3 is 1. The van der Waals surface area contributed by atoms with Gasteiger partial charge in [0.25, 0.3) is 5.91 Å². The van der Waals surface area contributed by atoms with Gasteiger partial charge < -0.3 is 15.8 Å². The number of carbonyl (C=O) groups is 1. The lowest BCUT2D eigenvalue weighted by Gasteiger charge is -2.19. The van der Waals surface area contributed by atoms with Gasteiger partial charge in [-0.3, -0.25) is 4.79 Å². The third-order valence-electron chi connectivity index (χ3n) is 3.19. The van der Waals surface area contributed by atoms with Crippen molar-refractivity contribution in [3.63, 3.8) is 0 Å². The molecule has 0 saturated carbocycles. The number of nitrogens with two attached hydrogens (primary N) is 1. The van der Waals surface area contributed by atoms with E-state index in [4.69, 9.17) is 10.5 Å². The monoisotopic (exact) mass is 365 g/mol. The summed E-state index contributed by atoms with van der Waals surface area (Å²) in [7, 11) is -2.21. The minimum atomic E-state index is -3.63. The van der Waals surface area contributed by atoms with Crippen molar-refractivity contribution in [2.45, 2.75) is 18.7 Å². The van der Waals surface area contributed by atoms with E-state index in [2.05, 4.69) is 5.32 Å². The van der Waals surface area contributed by atoms with Crippen molar-refractivity contribution in [3.8, 4) is 5.75 Å². The van der Waals surface area contributed by atoms with Crippen LogP contribution in [0.5, 0.6) is 5.75 Å². The molecule has 23 heavy (non-hydrogen) atoms. The Kier molecular flexibility index (Phi) is 9.14. The minimum absolute atomic E-state index is 0. The molecular weight excluding hydrogens is 342 g/mol. The number of nitrogens with one attached hydrogen (secondary N) is 1. The average molecular weight is 366 g/mol. The van der Waals surface area contributed by atoms with Gasteiger partial charge in [-0.15, -0.1) is 12.4 Å². The van der Waals surface area contributed by atoms with E-state index in [9.17, 15) is 13.2 Å². The number of benzene rings is 1. The van der Waals surface area contributed by atoms with Crippen LogP contribution in [0.25, 0.3) is 0 Å². The molecule has 0 spiro atoms. The van der Waals surface area contributed by atoms with Crippen molar-refractivity contribution in [1.29, 1.82) is 0 Å². The molecule has 0 fully saturated rings. The van der Waals surface area contributed by atoms with Gasteiger partial charge in [0, 0.05) is 26.2 Å². The predicted octanol–water partition coefficient (Wildman–Crippen LogP) is 0.836. The van der Waals surface area contributed by atoms with Crippen molar-refractivity contribution < 1.29 is 17.9 Å². The first-order valence-electron chi connectivity index (χ1n) is 7.08. The summed E-state index contributed by atoms with van der Waals surface area (Å²) < 4.78 is 31.5. The molecule has 0 saturated heterocycles. The maximum absolute atomic E-state index is 12.5. The maximum atomic E-state index is 12.5. The first-order valence-corrected chi connectivity index (χ1v) is 8.52. The predicted molar refractivity (Wildman–Crippen MR) is 91.7 cm³/mol. The highest BCUT2D eigenvalue weighted by Gasteiger charge is 2.24. The van der Waals surface area contributed by atoms with Gasteiger partial charge in [-0.05, 0) is 18.2 Å². The molecule has 9 heteroatoms. The van der Waals surface area contributed by atoms with Crippen LogP contribution in [-0.2, 0) is 10.0 Å². The van der Waals surface area contributed by atoms with Crippen LogP contribution < -0.4 is 15.8 Å². The number of hydrogen-bond donors (Lipinski definition) is 2. The van der Waals surface area contributed by atoms with Crippen LogP contribution in [0.2, 0.25) is 0 Å². The van der Waals surface area contributed by atoms with E-state index < -0.39 is 15.9 Å². The molecule has 0 bridgehead atoms. The fraction of sp³-hybridized carbons (Fsp3) is 0.500. The van der Waals surface area contributed by atoms with Crippen LogP contribution in [0.1, 0.15) is 24.2 Å². The summed E-state index contributed by atoms with van der Waals surface area (Å²) in [6, 6.07) is 4.25. The summed E-state index contributed by atoms with van der Waals surface area (Å²) in [5.41, 5.74) is 5.52. The van der Waals surface area contributed by atoms with Gasteiger partial charge in [0.1, 0.15) is 5.75 Å².